The van der Waals surface area contributed by atoms with Gasteiger partial charge in [0.05, 0.1) is 0 Å². The van der Waals surface area contributed by atoms with Gasteiger partial charge in [0.15, 0.2) is 0 Å². The van der Waals surface area contributed by atoms with Crippen LogP contribution in [0, 0.1) is 0 Å². The zero-order chi connectivity index (χ0) is 13.7. The summed E-state index contributed by atoms with van der Waals surface area (Å²) in [6.45, 7) is 5.53. The first-order chi connectivity index (χ1) is 9.15. The van der Waals surface area contributed by atoms with Gasteiger partial charge in [-0.15, -0.1) is 0 Å². The second-order valence-corrected chi connectivity index (χ2v) is 5.67. The van der Waals surface area contributed by atoms with E-state index in [-0.39, 0.29) is 11.9 Å². The van der Waals surface area contributed by atoms with Crippen molar-refractivity contribution in [3.05, 3.63) is 35.4 Å². The average Bonchev–Trinajstić information content (AvgIpc) is 3.18. The third-order valence-corrected chi connectivity index (χ3v) is 3.31. The molecule has 1 aromatic carbocycles. The topological polar surface area (TPSA) is 41.1 Å². The molecule has 1 saturated carbocycles. The fraction of sp³-hybridized carbons (Fsp3) is 0.562. The first kappa shape index (κ1) is 14.1. The largest absolute Gasteiger partial charge is 0.354 e. The van der Waals surface area contributed by atoms with Gasteiger partial charge in [-0.1, -0.05) is 24.3 Å². The fourth-order valence-electron chi connectivity index (χ4n) is 2.20. The third kappa shape index (κ3) is 5.03. The lowest BCUT2D eigenvalue weighted by Crippen LogP contribution is -2.32. The summed E-state index contributed by atoms with van der Waals surface area (Å²) in [6.07, 6.45) is 3.22. The number of nitrogens with one attached hydrogen (secondary N) is 2. The summed E-state index contributed by atoms with van der Waals surface area (Å²) in [6, 6.07) is 9.02. The van der Waals surface area contributed by atoms with Crippen LogP contribution in [0.1, 0.15) is 50.2 Å². The van der Waals surface area contributed by atoms with Crippen LogP contribution in [0.3, 0.4) is 0 Å². The minimum atomic E-state index is 0.120. The maximum absolute atomic E-state index is 11.5. The van der Waals surface area contributed by atoms with E-state index >= 15 is 0 Å². The summed E-state index contributed by atoms with van der Waals surface area (Å²) in [4.78, 5) is 11.5. The molecule has 104 valence electrons. The summed E-state index contributed by atoms with van der Waals surface area (Å²) in [7, 11) is 0. The summed E-state index contributed by atoms with van der Waals surface area (Å²) in [5.74, 6) is 0.922. The van der Waals surface area contributed by atoms with Crippen molar-refractivity contribution in [3.63, 3.8) is 0 Å². The van der Waals surface area contributed by atoms with Crippen molar-refractivity contribution in [1.82, 2.24) is 10.6 Å². The molecule has 1 aliphatic rings. The summed E-state index contributed by atoms with van der Waals surface area (Å²) in [5.41, 5.74) is 2.78. The number of hydrogen-bond acceptors (Lipinski definition) is 2. The minimum absolute atomic E-state index is 0.120. The predicted octanol–water partition coefficient (Wildman–Crippen LogP) is 2.57. The van der Waals surface area contributed by atoms with E-state index in [1.807, 2.05) is 13.8 Å². The first-order valence-corrected chi connectivity index (χ1v) is 7.24. The highest BCUT2D eigenvalue weighted by Gasteiger charge is 2.23. The van der Waals surface area contributed by atoms with Crippen LogP contribution in [0.2, 0.25) is 0 Å². The Bertz CT molecular complexity index is 425. The maximum atomic E-state index is 11.5. The van der Waals surface area contributed by atoms with Crippen LogP contribution in [0.25, 0.3) is 0 Å². The Kier molecular flexibility index (Phi) is 4.97. The van der Waals surface area contributed by atoms with Crippen molar-refractivity contribution in [3.8, 4) is 0 Å². The van der Waals surface area contributed by atoms with Crippen LogP contribution in [0.15, 0.2) is 24.3 Å². The van der Waals surface area contributed by atoms with Crippen molar-refractivity contribution in [2.45, 2.75) is 51.6 Å². The van der Waals surface area contributed by atoms with E-state index in [0.717, 1.165) is 19.0 Å². The number of amides is 1. The van der Waals surface area contributed by atoms with Crippen molar-refractivity contribution >= 4 is 5.91 Å². The standard InChI is InChI=1S/C16H24N2O/c1-12(2)18-16(19)8-9-17-11-13-4-3-5-15(10-13)14-6-7-14/h3-5,10,12,14,17H,6-9,11H2,1-2H3,(H,18,19). The quantitative estimate of drug-likeness (QED) is 0.740. The predicted molar refractivity (Wildman–Crippen MR) is 78.0 cm³/mol. The second-order valence-electron chi connectivity index (χ2n) is 5.67. The monoisotopic (exact) mass is 260 g/mol. The Hall–Kier alpha value is -1.35. The maximum Gasteiger partial charge on any atom is 0.221 e. The SMILES string of the molecule is CC(C)NC(=O)CCNCc1cccc(C2CC2)c1. The van der Waals surface area contributed by atoms with Gasteiger partial charge >= 0.3 is 0 Å². The average molecular weight is 260 g/mol. The van der Waals surface area contributed by atoms with E-state index in [4.69, 9.17) is 0 Å². The van der Waals surface area contributed by atoms with Crippen molar-refractivity contribution in [2.24, 2.45) is 0 Å². The molecule has 1 fully saturated rings. The van der Waals surface area contributed by atoms with Gasteiger partial charge < -0.3 is 10.6 Å². The normalized spacial score (nSPS) is 14.7. The number of benzene rings is 1. The van der Waals surface area contributed by atoms with E-state index in [9.17, 15) is 4.79 Å². The highest BCUT2D eigenvalue weighted by molar-refractivity contribution is 5.76. The van der Waals surface area contributed by atoms with Crippen LogP contribution >= 0.6 is 0 Å². The molecule has 3 nitrogen and oxygen atoms in total. The van der Waals surface area contributed by atoms with Gasteiger partial charge in [0.25, 0.3) is 0 Å². The molecule has 0 saturated heterocycles. The minimum Gasteiger partial charge on any atom is -0.354 e. The van der Waals surface area contributed by atoms with E-state index in [1.165, 1.54) is 24.0 Å². The summed E-state index contributed by atoms with van der Waals surface area (Å²) < 4.78 is 0. The Balaban J connectivity index is 1.68. The Morgan fingerprint density at radius 2 is 2.16 bits per heavy atom. The molecule has 2 N–H and O–H groups in total. The zero-order valence-electron chi connectivity index (χ0n) is 11.9. The van der Waals surface area contributed by atoms with Crippen LogP contribution in [0.4, 0.5) is 0 Å². The van der Waals surface area contributed by atoms with Gasteiger partial charge in [-0.25, -0.2) is 0 Å². The van der Waals surface area contributed by atoms with E-state index in [1.54, 1.807) is 0 Å². The second kappa shape index (κ2) is 6.71. The van der Waals surface area contributed by atoms with Crippen LogP contribution in [-0.2, 0) is 11.3 Å². The third-order valence-electron chi connectivity index (χ3n) is 3.31. The molecule has 0 radical (unpaired) electrons. The fourth-order valence-corrected chi connectivity index (χ4v) is 2.20. The lowest BCUT2D eigenvalue weighted by atomic mass is 10.1. The first-order valence-electron chi connectivity index (χ1n) is 7.24. The van der Waals surface area contributed by atoms with Gasteiger partial charge in [-0.2, -0.15) is 0 Å². The number of carbonyl (C=O) groups is 1. The van der Waals surface area contributed by atoms with Crippen LogP contribution in [0.5, 0.6) is 0 Å². The van der Waals surface area contributed by atoms with Crippen LogP contribution < -0.4 is 10.6 Å². The molecule has 0 atom stereocenters. The van der Waals surface area contributed by atoms with Gasteiger partial charge in [0, 0.05) is 25.6 Å². The van der Waals surface area contributed by atoms with E-state index in [2.05, 4.69) is 34.9 Å². The lowest BCUT2D eigenvalue weighted by molar-refractivity contribution is -0.121. The van der Waals surface area contributed by atoms with E-state index < -0.39 is 0 Å². The van der Waals surface area contributed by atoms with Gasteiger partial charge in [0.1, 0.15) is 0 Å². The molecule has 19 heavy (non-hydrogen) atoms. The van der Waals surface area contributed by atoms with Crippen molar-refractivity contribution in [1.29, 1.82) is 0 Å². The molecular formula is C16H24N2O. The molecule has 1 amide bonds. The molecule has 0 bridgehead atoms. The smallest absolute Gasteiger partial charge is 0.221 e. The van der Waals surface area contributed by atoms with E-state index in [0.29, 0.717) is 6.42 Å². The van der Waals surface area contributed by atoms with Crippen molar-refractivity contribution in [2.75, 3.05) is 6.54 Å². The molecule has 0 aliphatic heterocycles. The Morgan fingerprint density at radius 3 is 2.84 bits per heavy atom. The highest BCUT2D eigenvalue weighted by Crippen LogP contribution is 2.40. The molecule has 0 unspecified atom stereocenters. The van der Waals surface area contributed by atoms with Gasteiger partial charge in [0.2, 0.25) is 5.91 Å². The summed E-state index contributed by atoms with van der Waals surface area (Å²) in [5, 5.41) is 6.23. The lowest BCUT2D eigenvalue weighted by Gasteiger charge is -2.09. The molecule has 0 spiro atoms. The summed E-state index contributed by atoms with van der Waals surface area (Å²) >= 11 is 0. The number of carbonyl (C=O) groups excluding carboxylic acids is 1. The molecule has 0 aromatic heterocycles. The van der Waals surface area contributed by atoms with Crippen LogP contribution in [-0.4, -0.2) is 18.5 Å². The van der Waals surface area contributed by atoms with Crippen molar-refractivity contribution < 1.29 is 4.79 Å². The molecule has 0 heterocycles. The van der Waals surface area contributed by atoms with Gasteiger partial charge in [-0.05, 0) is 43.7 Å². The molecule has 3 heteroatoms. The number of hydrogen-bond donors (Lipinski definition) is 2. The molecule has 1 aromatic rings. The van der Waals surface area contributed by atoms with Gasteiger partial charge in [-0.3, -0.25) is 4.79 Å². The molecular weight excluding hydrogens is 236 g/mol. The molecule has 1 aliphatic carbocycles. The zero-order valence-corrected chi connectivity index (χ0v) is 11.9. The highest BCUT2D eigenvalue weighted by atomic mass is 16.1. The Morgan fingerprint density at radius 1 is 1.37 bits per heavy atom. The molecule has 2 rings (SSSR count). The number of rotatable bonds is 7. The Labute approximate surface area is 115 Å².